The first kappa shape index (κ1) is 13.5. The van der Waals surface area contributed by atoms with E-state index in [2.05, 4.69) is 45.7 Å². The molecule has 0 spiro atoms. The van der Waals surface area contributed by atoms with Crippen molar-refractivity contribution in [2.75, 3.05) is 0 Å². The Morgan fingerprint density at radius 3 is 1.10 bits per heavy atom. The second kappa shape index (κ2) is 6.56. The number of rotatable bonds is 0. The molecule has 0 saturated carbocycles. The van der Waals surface area contributed by atoms with Gasteiger partial charge in [-0.05, 0) is 0 Å². The Bertz CT molecular complexity index is 158. The molecule has 62 valence electrons. The fourth-order valence-corrected chi connectivity index (χ4v) is 0.374. The largest absolute Gasteiger partial charge is 1.00 e. The molecule has 0 aliphatic heterocycles. The molecule has 1 aromatic rings. The molecule has 1 aromatic heterocycles. The standard InChI is InChI=1S/C2H2N4S2.2Au/c7-1-3-5-2(8)6-4-1;;/h(H,3,4,7)(H,5,6,8);;/q;2*+1/p-2. The first-order chi connectivity index (χ1) is 3.79. The third-order valence-corrected chi connectivity index (χ3v) is 0.769. The summed E-state index contributed by atoms with van der Waals surface area (Å²) in [5.41, 5.74) is 0. The topological polar surface area (TPSA) is 51.6 Å². The van der Waals surface area contributed by atoms with Crippen molar-refractivity contribution in [3.63, 3.8) is 0 Å². The number of hydrogen-bond acceptors (Lipinski definition) is 6. The van der Waals surface area contributed by atoms with Crippen LogP contribution in [0.2, 0.25) is 0 Å². The fraction of sp³-hybridized carbons (Fsp3) is 0. The summed E-state index contributed by atoms with van der Waals surface area (Å²) in [7, 11) is 0. The van der Waals surface area contributed by atoms with Crippen molar-refractivity contribution < 1.29 is 44.8 Å². The van der Waals surface area contributed by atoms with Crippen LogP contribution in [0.25, 0.3) is 0 Å². The molecule has 0 atom stereocenters. The summed E-state index contributed by atoms with van der Waals surface area (Å²) in [6.45, 7) is 0. The van der Waals surface area contributed by atoms with E-state index >= 15 is 0 Å². The van der Waals surface area contributed by atoms with Gasteiger partial charge in [-0.15, -0.1) is 0 Å². The van der Waals surface area contributed by atoms with E-state index in [-0.39, 0.29) is 55.1 Å². The second-order valence-electron chi connectivity index (χ2n) is 0.965. The van der Waals surface area contributed by atoms with Gasteiger partial charge in [0.1, 0.15) is 0 Å². The average Bonchev–Trinajstić information content (AvgIpc) is 1.77. The van der Waals surface area contributed by atoms with Gasteiger partial charge >= 0.3 is 44.8 Å². The number of hydrogen-bond donors (Lipinski definition) is 0. The molecule has 4 nitrogen and oxygen atoms in total. The Hall–Kier alpha value is 0.861. The van der Waals surface area contributed by atoms with E-state index in [0.29, 0.717) is 0 Å². The second-order valence-corrected chi connectivity index (χ2v) is 1.70. The van der Waals surface area contributed by atoms with Gasteiger partial charge in [-0.25, -0.2) is 0 Å². The molecular formula is C2Au2N4S2. The summed E-state index contributed by atoms with van der Waals surface area (Å²) in [6, 6.07) is 0. The van der Waals surface area contributed by atoms with Crippen molar-refractivity contribution in [3.05, 3.63) is 0 Å². The minimum Gasteiger partial charge on any atom is -0.736 e. The van der Waals surface area contributed by atoms with Crippen LogP contribution in [0.15, 0.2) is 10.3 Å². The predicted molar refractivity (Wildman–Crippen MR) is 28.9 cm³/mol. The van der Waals surface area contributed by atoms with Crippen molar-refractivity contribution >= 4 is 25.3 Å². The zero-order chi connectivity index (χ0) is 5.98. The summed E-state index contributed by atoms with van der Waals surface area (Å²) in [6.07, 6.45) is 0. The Balaban J connectivity index is 0. The zero-order valence-electron chi connectivity index (χ0n) is 4.21. The van der Waals surface area contributed by atoms with Gasteiger partial charge in [0.05, 0.1) is 10.3 Å². The summed E-state index contributed by atoms with van der Waals surface area (Å²) in [5, 5.41) is 13.7. The molecule has 0 unspecified atom stereocenters. The minimum atomic E-state index is 0. The van der Waals surface area contributed by atoms with Crippen molar-refractivity contribution in [1.29, 1.82) is 0 Å². The molecule has 0 aliphatic rings. The van der Waals surface area contributed by atoms with E-state index in [0.717, 1.165) is 0 Å². The first-order valence-corrected chi connectivity index (χ1v) is 2.52. The SMILES string of the molecule is [Au+].[Au+].[S-]c1nnc([S-])nn1. The molecule has 0 saturated heterocycles. The molecule has 10 heavy (non-hydrogen) atoms. The van der Waals surface area contributed by atoms with Crippen LogP contribution in [0, 0.1) is 0 Å². The van der Waals surface area contributed by atoms with Crippen LogP contribution in [0.5, 0.6) is 0 Å². The van der Waals surface area contributed by atoms with E-state index < -0.39 is 0 Å². The number of nitrogens with zero attached hydrogens (tertiary/aromatic N) is 4. The molecule has 0 amide bonds. The summed E-state index contributed by atoms with van der Waals surface area (Å²) >= 11 is 8.96. The molecule has 1 rings (SSSR count). The number of aromatic nitrogens is 4. The van der Waals surface area contributed by atoms with Crippen molar-refractivity contribution in [2.24, 2.45) is 0 Å². The first-order valence-electron chi connectivity index (χ1n) is 1.70. The molecule has 0 aliphatic carbocycles. The van der Waals surface area contributed by atoms with Gasteiger partial charge in [0.15, 0.2) is 0 Å². The third-order valence-electron chi connectivity index (χ3n) is 0.442. The maximum atomic E-state index is 4.48. The molecule has 0 N–H and O–H groups in total. The Kier molecular flexibility index (Phi) is 8.83. The van der Waals surface area contributed by atoms with Crippen LogP contribution < -0.4 is 0 Å². The Labute approximate surface area is 99.8 Å². The van der Waals surface area contributed by atoms with E-state index in [1.54, 1.807) is 0 Å². The van der Waals surface area contributed by atoms with Crippen molar-refractivity contribution in [1.82, 2.24) is 20.4 Å². The smallest absolute Gasteiger partial charge is 0.736 e. The molecular weight excluding hydrogens is 538 g/mol. The monoisotopic (exact) mass is 538 g/mol. The molecule has 8 heteroatoms. The Morgan fingerprint density at radius 1 is 0.700 bits per heavy atom. The van der Waals surface area contributed by atoms with Crippen LogP contribution in [0.3, 0.4) is 0 Å². The predicted octanol–water partition coefficient (Wildman–Crippen LogP) is -0.927. The van der Waals surface area contributed by atoms with Crippen molar-refractivity contribution in [2.45, 2.75) is 10.3 Å². The van der Waals surface area contributed by atoms with Crippen LogP contribution in [0.1, 0.15) is 0 Å². The summed E-state index contributed by atoms with van der Waals surface area (Å²) in [5.74, 6) is 0. The van der Waals surface area contributed by atoms with Gasteiger partial charge in [-0.2, -0.15) is 20.4 Å². The molecule has 0 radical (unpaired) electrons. The zero-order valence-corrected chi connectivity index (χ0v) is 10.2. The average molecular weight is 538 g/mol. The van der Waals surface area contributed by atoms with Crippen LogP contribution in [-0.4, -0.2) is 20.4 Å². The van der Waals surface area contributed by atoms with Crippen LogP contribution >= 0.6 is 0 Å². The van der Waals surface area contributed by atoms with Crippen molar-refractivity contribution in [3.8, 4) is 0 Å². The summed E-state index contributed by atoms with van der Waals surface area (Å²) in [4.78, 5) is 0. The van der Waals surface area contributed by atoms with Gasteiger partial charge in [0, 0.05) is 0 Å². The molecule has 0 bridgehead atoms. The van der Waals surface area contributed by atoms with E-state index in [9.17, 15) is 0 Å². The Morgan fingerprint density at radius 2 is 0.900 bits per heavy atom. The fourth-order valence-electron chi connectivity index (χ4n) is 0.211. The van der Waals surface area contributed by atoms with Crippen LogP contribution in [0.4, 0.5) is 0 Å². The minimum absolute atomic E-state index is 0. The molecule has 0 fully saturated rings. The van der Waals surface area contributed by atoms with Gasteiger partial charge in [-0.1, -0.05) is 0 Å². The maximum Gasteiger partial charge on any atom is 1.00 e. The summed E-state index contributed by atoms with van der Waals surface area (Å²) < 4.78 is 0. The normalized spacial score (nSPS) is 7.20. The van der Waals surface area contributed by atoms with Gasteiger partial charge < -0.3 is 25.3 Å². The third kappa shape index (κ3) is 4.64. The van der Waals surface area contributed by atoms with Gasteiger partial charge in [0.25, 0.3) is 0 Å². The van der Waals surface area contributed by atoms with Crippen LogP contribution in [-0.2, 0) is 70.0 Å². The molecule has 0 aromatic carbocycles. The van der Waals surface area contributed by atoms with Gasteiger partial charge in [-0.3, -0.25) is 0 Å². The molecule has 1 heterocycles. The van der Waals surface area contributed by atoms with Gasteiger partial charge in [0.2, 0.25) is 0 Å². The van der Waals surface area contributed by atoms with E-state index in [1.165, 1.54) is 0 Å². The van der Waals surface area contributed by atoms with E-state index in [4.69, 9.17) is 0 Å². The quantitative estimate of drug-likeness (QED) is 0.315. The van der Waals surface area contributed by atoms with E-state index in [1.807, 2.05) is 0 Å². The maximum absolute atomic E-state index is 4.48.